The highest BCUT2D eigenvalue weighted by molar-refractivity contribution is 5.60. The van der Waals surface area contributed by atoms with Gasteiger partial charge in [0.1, 0.15) is 12.1 Å². The van der Waals surface area contributed by atoms with Crippen molar-refractivity contribution in [2.24, 2.45) is 5.92 Å². The minimum Gasteiger partial charge on any atom is -0.369 e. The van der Waals surface area contributed by atoms with Gasteiger partial charge in [0, 0.05) is 49.9 Å². The van der Waals surface area contributed by atoms with Crippen LogP contribution in [0, 0.1) is 5.92 Å². The number of aromatic nitrogens is 5. The first-order valence-electron chi connectivity index (χ1n) is 9.70. The second-order valence-electron chi connectivity index (χ2n) is 7.31. The van der Waals surface area contributed by atoms with E-state index in [0.29, 0.717) is 17.2 Å². The molecule has 4 rings (SSSR count). The smallest absolute Gasteiger partial charge is 0.280 e. The third kappa shape index (κ3) is 4.12. The Morgan fingerprint density at radius 3 is 3.11 bits per heavy atom. The lowest BCUT2D eigenvalue weighted by atomic mass is 10.0. The Labute approximate surface area is 163 Å². The number of aromatic amines is 1. The van der Waals surface area contributed by atoms with E-state index in [2.05, 4.69) is 37.2 Å². The third-order valence-corrected chi connectivity index (χ3v) is 5.10. The highest BCUT2D eigenvalue weighted by Crippen LogP contribution is 2.16. The Bertz CT molecular complexity index is 966. The monoisotopic (exact) mass is 379 g/mol. The number of pyridine rings is 1. The number of hydrogen-bond acceptors (Lipinski definition) is 6. The van der Waals surface area contributed by atoms with Gasteiger partial charge in [0.05, 0.1) is 5.56 Å². The molecule has 146 valence electrons. The largest absolute Gasteiger partial charge is 0.369 e. The maximum Gasteiger partial charge on any atom is 0.280 e. The number of rotatable bonds is 6. The van der Waals surface area contributed by atoms with E-state index in [1.54, 1.807) is 24.7 Å². The predicted molar refractivity (Wildman–Crippen MR) is 109 cm³/mol. The molecule has 3 aromatic rings. The fourth-order valence-electron chi connectivity index (χ4n) is 3.67. The van der Waals surface area contributed by atoms with Gasteiger partial charge in [-0.3, -0.25) is 14.9 Å². The summed E-state index contributed by atoms with van der Waals surface area (Å²) in [5.74, 6) is 1.98. The number of nitrogens with one attached hydrogen (secondary N) is 2. The van der Waals surface area contributed by atoms with Crippen molar-refractivity contribution in [1.29, 1.82) is 0 Å². The zero-order valence-electron chi connectivity index (χ0n) is 16.0. The second kappa shape index (κ2) is 8.35. The van der Waals surface area contributed by atoms with Crippen LogP contribution in [0.3, 0.4) is 0 Å². The molecule has 0 amide bonds. The Morgan fingerprint density at radius 1 is 1.36 bits per heavy atom. The average molecular weight is 379 g/mol. The highest BCUT2D eigenvalue weighted by atomic mass is 16.1. The van der Waals surface area contributed by atoms with Gasteiger partial charge >= 0.3 is 0 Å². The Hall–Kier alpha value is -3.00. The number of nitrogens with zero attached hydrogens (tertiary/aromatic N) is 5. The van der Waals surface area contributed by atoms with Gasteiger partial charge in [0.15, 0.2) is 5.82 Å². The summed E-state index contributed by atoms with van der Waals surface area (Å²) >= 11 is 0. The summed E-state index contributed by atoms with van der Waals surface area (Å²) in [6.45, 7) is 6.42. The lowest BCUT2D eigenvalue weighted by Crippen LogP contribution is -2.37. The maximum atomic E-state index is 12.7. The molecule has 1 aliphatic heterocycles. The molecule has 3 aromatic heterocycles. The molecule has 0 spiro atoms. The van der Waals surface area contributed by atoms with E-state index in [9.17, 15) is 4.79 Å². The Morgan fingerprint density at radius 2 is 2.29 bits per heavy atom. The predicted octanol–water partition coefficient (Wildman–Crippen LogP) is 2.16. The maximum absolute atomic E-state index is 12.7. The van der Waals surface area contributed by atoms with E-state index in [1.807, 2.05) is 12.1 Å². The van der Waals surface area contributed by atoms with Crippen LogP contribution in [0.25, 0.3) is 16.9 Å². The average Bonchev–Trinajstić information content (AvgIpc) is 3.10. The zero-order valence-corrected chi connectivity index (χ0v) is 16.0. The normalized spacial score (nSPS) is 17.5. The van der Waals surface area contributed by atoms with E-state index in [4.69, 9.17) is 0 Å². The molecule has 1 fully saturated rings. The van der Waals surface area contributed by atoms with Crippen molar-refractivity contribution < 1.29 is 0 Å². The van der Waals surface area contributed by atoms with Gasteiger partial charge in [-0.15, -0.1) is 0 Å². The number of likely N-dealkylation sites (tertiary alicyclic amines) is 1. The SMILES string of the molecule is CC1CCCN(CCNc2cc(-n3[nH]cc(-c4cccnc4)c3=O)ncn2)C1. The molecule has 0 aliphatic carbocycles. The number of hydrogen-bond donors (Lipinski definition) is 2. The topological polar surface area (TPSA) is 91.7 Å². The molecular formula is C20H25N7O. The van der Waals surface area contributed by atoms with Gasteiger partial charge in [-0.1, -0.05) is 13.0 Å². The quantitative estimate of drug-likeness (QED) is 0.682. The molecule has 0 saturated carbocycles. The molecule has 1 atom stereocenters. The first-order chi connectivity index (χ1) is 13.7. The highest BCUT2D eigenvalue weighted by Gasteiger charge is 2.15. The summed E-state index contributed by atoms with van der Waals surface area (Å²) in [6, 6.07) is 5.45. The third-order valence-electron chi connectivity index (χ3n) is 5.10. The minimum absolute atomic E-state index is 0.167. The molecule has 1 aliphatic rings. The number of piperidine rings is 1. The van der Waals surface area contributed by atoms with Crippen molar-refractivity contribution >= 4 is 5.82 Å². The van der Waals surface area contributed by atoms with Crippen LogP contribution in [0.4, 0.5) is 5.82 Å². The Kier molecular flexibility index (Phi) is 5.48. The van der Waals surface area contributed by atoms with Crippen molar-refractivity contribution in [2.75, 3.05) is 31.5 Å². The minimum atomic E-state index is -0.167. The van der Waals surface area contributed by atoms with Crippen LogP contribution in [0.1, 0.15) is 19.8 Å². The second-order valence-corrected chi connectivity index (χ2v) is 7.31. The summed E-state index contributed by atoms with van der Waals surface area (Å²) < 4.78 is 1.42. The lowest BCUT2D eigenvalue weighted by Gasteiger charge is -2.30. The summed E-state index contributed by atoms with van der Waals surface area (Å²) in [5, 5.41) is 6.32. The molecule has 8 heteroatoms. The van der Waals surface area contributed by atoms with Crippen LogP contribution in [0.15, 0.2) is 47.9 Å². The number of anilines is 1. The summed E-state index contributed by atoms with van der Waals surface area (Å²) in [7, 11) is 0. The van der Waals surface area contributed by atoms with Crippen LogP contribution in [-0.2, 0) is 0 Å². The lowest BCUT2D eigenvalue weighted by molar-refractivity contribution is 0.190. The summed E-state index contributed by atoms with van der Waals surface area (Å²) in [5.41, 5.74) is 1.16. The molecule has 28 heavy (non-hydrogen) atoms. The molecule has 0 bridgehead atoms. The molecule has 1 saturated heterocycles. The molecule has 1 unspecified atom stereocenters. The fourth-order valence-corrected chi connectivity index (χ4v) is 3.67. The van der Waals surface area contributed by atoms with E-state index in [0.717, 1.165) is 37.7 Å². The van der Waals surface area contributed by atoms with Crippen LogP contribution < -0.4 is 10.9 Å². The Balaban J connectivity index is 1.44. The molecule has 0 radical (unpaired) electrons. The van der Waals surface area contributed by atoms with Crippen LogP contribution in [0.5, 0.6) is 0 Å². The molecule has 8 nitrogen and oxygen atoms in total. The zero-order chi connectivity index (χ0) is 19.3. The van der Waals surface area contributed by atoms with Gasteiger partial charge < -0.3 is 10.2 Å². The van der Waals surface area contributed by atoms with Crippen LogP contribution in [-0.4, -0.2) is 55.8 Å². The fraction of sp³-hybridized carbons (Fsp3) is 0.400. The van der Waals surface area contributed by atoms with E-state index in [-0.39, 0.29) is 5.56 Å². The first-order valence-corrected chi connectivity index (χ1v) is 9.70. The first kappa shape index (κ1) is 18.4. The number of H-pyrrole nitrogens is 1. The standard InChI is InChI=1S/C20H25N7O/c1-15-4-3-8-26(13-15)9-7-22-18-10-19(24-14-23-18)27-20(28)17(12-25-27)16-5-2-6-21-11-16/h2,5-6,10-12,14-15,25H,3-4,7-9,13H2,1H3,(H,22,23,24). The summed E-state index contributed by atoms with van der Waals surface area (Å²) in [4.78, 5) is 27.8. The van der Waals surface area contributed by atoms with Crippen molar-refractivity contribution in [1.82, 2.24) is 29.6 Å². The van der Waals surface area contributed by atoms with Gasteiger partial charge in [-0.25, -0.2) is 14.6 Å². The van der Waals surface area contributed by atoms with Gasteiger partial charge in [-0.2, -0.15) is 0 Å². The van der Waals surface area contributed by atoms with Gasteiger partial charge in [0.25, 0.3) is 5.56 Å². The van der Waals surface area contributed by atoms with Crippen molar-refractivity contribution in [3.8, 4) is 16.9 Å². The summed E-state index contributed by atoms with van der Waals surface area (Å²) in [6.07, 6.45) is 9.09. The van der Waals surface area contributed by atoms with Crippen LogP contribution >= 0.6 is 0 Å². The van der Waals surface area contributed by atoms with Crippen molar-refractivity contribution in [3.05, 3.63) is 53.5 Å². The molecule has 2 N–H and O–H groups in total. The molecule has 4 heterocycles. The molecular weight excluding hydrogens is 354 g/mol. The van der Waals surface area contributed by atoms with E-state index in [1.165, 1.54) is 23.9 Å². The van der Waals surface area contributed by atoms with Gasteiger partial charge in [0.2, 0.25) is 0 Å². The van der Waals surface area contributed by atoms with Crippen molar-refractivity contribution in [3.63, 3.8) is 0 Å². The molecule has 0 aromatic carbocycles. The van der Waals surface area contributed by atoms with Crippen LogP contribution in [0.2, 0.25) is 0 Å². The van der Waals surface area contributed by atoms with E-state index < -0.39 is 0 Å². The van der Waals surface area contributed by atoms with Gasteiger partial charge in [-0.05, 0) is 31.4 Å². The van der Waals surface area contributed by atoms with Crippen molar-refractivity contribution in [2.45, 2.75) is 19.8 Å². The van der Waals surface area contributed by atoms with E-state index >= 15 is 0 Å².